The highest BCUT2D eigenvalue weighted by Crippen LogP contribution is 2.29. The molecule has 0 aliphatic rings. The van der Waals surface area contributed by atoms with Gasteiger partial charge < -0.3 is 8.97 Å². The van der Waals surface area contributed by atoms with Gasteiger partial charge in [0.1, 0.15) is 11.3 Å². The van der Waals surface area contributed by atoms with Crippen LogP contribution in [0.1, 0.15) is 11.1 Å². The Morgan fingerprint density at radius 2 is 1.81 bits per heavy atom. The fraction of sp³-hybridized carbons (Fsp3) is 0.0952. The zero-order chi connectivity index (χ0) is 18.1. The number of benzene rings is 3. The van der Waals surface area contributed by atoms with Crippen LogP contribution in [0.15, 0.2) is 76.4 Å². The van der Waals surface area contributed by atoms with E-state index >= 15 is 0 Å². The normalized spacial score (nSPS) is 12.4. The molecule has 0 saturated heterocycles. The number of oxazole rings is 1. The Morgan fingerprint density at radius 1 is 1.04 bits per heavy atom. The van der Waals surface area contributed by atoms with E-state index < -0.39 is 11.2 Å². The molecule has 5 heteroatoms. The van der Waals surface area contributed by atoms with E-state index in [2.05, 4.69) is 24.0 Å². The second kappa shape index (κ2) is 7.16. The van der Waals surface area contributed by atoms with Crippen molar-refractivity contribution in [3.05, 3.63) is 82.9 Å². The molecule has 4 rings (SSSR count). The van der Waals surface area contributed by atoms with Crippen molar-refractivity contribution in [3.63, 3.8) is 0 Å². The van der Waals surface area contributed by atoms with Gasteiger partial charge in [-0.15, -0.1) is 0 Å². The van der Waals surface area contributed by atoms with Crippen LogP contribution < -0.4 is 0 Å². The Morgan fingerprint density at radius 3 is 2.58 bits per heavy atom. The molecule has 130 valence electrons. The highest BCUT2D eigenvalue weighted by molar-refractivity contribution is 7.90. The first-order chi connectivity index (χ1) is 12.6. The molecule has 26 heavy (non-hydrogen) atoms. The van der Waals surface area contributed by atoms with Gasteiger partial charge in [-0.3, -0.25) is 0 Å². The second-order valence-corrected chi connectivity index (χ2v) is 7.86. The molecule has 4 aromatic rings. The Hall–Kier alpha value is -2.27. The zero-order valence-electron chi connectivity index (χ0n) is 14.1. The monoisotopic (exact) mass is 381 g/mol. The second-order valence-electron chi connectivity index (χ2n) is 6.09. The van der Waals surface area contributed by atoms with Gasteiger partial charge in [0.2, 0.25) is 0 Å². The van der Waals surface area contributed by atoms with Crippen molar-refractivity contribution < 1.29 is 8.97 Å². The Balaban J connectivity index is 1.63. The molecule has 3 nitrogen and oxygen atoms in total. The average Bonchev–Trinajstić information content (AvgIpc) is 3.07. The highest BCUT2D eigenvalue weighted by atomic mass is 35.5. The molecule has 1 atom stereocenters. The number of aryl methyl sites for hydroxylation is 1. The molecule has 1 unspecified atom stereocenters. The number of rotatable bonds is 4. The molecule has 1 heterocycles. The molecule has 1 aromatic heterocycles. The van der Waals surface area contributed by atoms with Gasteiger partial charge >= 0.3 is 5.22 Å². The van der Waals surface area contributed by atoms with E-state index in [0.29, 0.717) is 21.9 Å². The molecule has 0 spiro atoms. The minimum absolute atomic E-state index is 0.247. The van der Waals surface area contributed by atoms with Crippen LogP contribution in [0.4, 0.5) is 0 Å². The van der Waals surface area contributed by atoms with Crippen LogP contribution in [-0.4, -0.2) is 9.54 Å². The van der Waals surface area contributed by atoms with Gasteiger partial charge in [0, 0.05) is 10.6 Å². The lowest BCUT2D eigenvalue weighted by molar-refractivity contribution is 0.458. The number of aromatic nitrogens is 1. The van der Waals surface area contributed by atoms with Gasteiger partial charge in [-0.05, 0) is 47.9 Å². The van der Waals surface area contributed by atoms with Crippen LogP contribution in [0, 0.1) is 6.92 Å². The van der Waals surface area contributed by atoms with Gasteiger partial charge in [0.15, 0.2) is 5.58 Å². The lowest BCUT2D eigenvalue weighted by Crippen LogP contribution is -2.05. The van der Waals surface area contributed by atoms with Crippen LogP contribution in [0.25, 0.3) is 22.2 Å². The Kier molecular flexibility index (Phi) is 4.72. The van der Waals surface area contributed by atoms with Crippen LogP contribution in [0.3, 0.4) is 0 Å². The fourth-order valence-corrected chi connectivity index (χ4v) is 3.99. The Bertz CT molecular complexity index is 1060. The van der Waals surface area contributed by atoms with E-state index in [-0.39, 0.29) is 5.22 Å². The molecular formula is C21H16ClNO2S. The summed E-state index contributed by atoms with van der Waals surface area (Å²) >= 11 is 4.54. The highest BCUT2D eigenvalue weighted by Gasteiger charge is 2.20. The van der Waals surface area contributed by atoms with Gasteiger partial charge in [-0.1, -0.05) is 54.1 Å². The number of halogens is 1. The maximum atomic E-state index is 12.6. The lowest BCUT2D eigenvalue weighted by Gasteiger charge is -2.05. The van der Waals surface area contributed by atoms with Gasteiger partial charge in [-0.2, -0.15) is 4.98 Å². The van der Waals surface area contributed by atoms with E-state index in [1.165, 1.54) is 5.56 Å². The molecule has 0 N–H and O–H groups in total. The van der Waals surface area contributed by atoms with E-state index in [1.807, 2.05) is 42.5 Å². The number of hydrogen-bond donors (Lipinski definition) is 0. The van der Waals surface area contributed by atoms with Crippen LogP contribution >= 0.6 is 11.6 Å². The van der Waals surface area contributed by atoms with Crippen LogP contribution in [-0.2, 0) is 16.9 Å². The molecule has 0 amide bonds. The molecule has 0 radical (unpaired) electrons. The summed E-state index contributed by atoms with van der Waals surface area (Å²) < 4.78 is 18.4. The predicted molar refractivity (Wildman–Crippen MR) is 106 cm³/mol. The average molecular weight is 382 g/mol. The molecule has 0 bridgehead atoms. The molecule has 3 aromatic carbocycles. The molecule has 0 fully saturated rings. The summed E-state index contributed by atoms with van der Waals surface area (Å²) in [4.78, 5) is 4.39. The standard InChI is InChI=1S/C21H16ClNO2S/c1-14-4-2-3-5-18(14)16-8-11-19-20(12-16)25-21(23-19)26(24)13-15-6-9-17(22)10-7-15/h2-12H,13H2,1H3. The van der Waals surface area contributed by atoms with Crippen molar-refractivity contribution in [1.29, 1.82) is 0 Å². The van der Waals surface area contributed by atoms with E-state index in [4.69, 9.17) is 16.0 Å². The largest absolute Gasteiger partial charge is 0.607 e. The van der Waals surface area contributed by atoms with Crippen molar-refractivity contribution in [1.82, 2.24) is 4.98 Å². The third-order valence-electron chi connectivity index (χ3n) is 4.23. The zero-order valence-corrected chi connectivity index (χ0v) is 15.7. The minimum atomic E-state index is -1.35. The maximum Gasteiger partial charge on any atom is 0.416 e. The maximum absolute atomic E-state index is 12.6. The molecule has 0 saturated carbocycles. The first kappa shape index (κ1) is 17.2. The minimum Gasteiger partial charge on any atom is -0.607 e. The summed E-state index contributed by atoms with van der Waals surface area (Å²) in [6, 6.07) is 21.3. The van der Waals surface area contributed by atoms with Crippen molar-refractivity contribution in [2.45, 2.75) is 17.9 Å². The van der Waals surface area contributed by atoms with Crippen molar-refractivity contribution in [3.8, 4) is 11.1 Å². The third kappa shape index (κ3) is 3.49. The smallest absolute Gasteiger partial charge is 0.416 e. The van der Waals surface area contributed by atoms with Crippen molar-refractivity contribution in [2.75, 3.05) is 0 Å². The van der Waals surface area contributed by atoms with E-state index in [1.54, 1.807) is 12.1 Å². The van der Waals surface area contributed by atoms with E-state index in [9.17, 15) is 4.55 Å². The third-order valence-corrected chi connectivity index (χ3v) is 5.64. The van der Waals surface area contributed by atoms with Crippen molar-refractivity contribution in [2.24, 2.45) is 0 Å². The Labute approximate surface area is 159 Å². The quantitative estimate of drug-likeness (QED) is 0.422. The summed E-state index contributed by atoms with van der Waals surface area (Å²) in [5, 5.41) is 0.905. The van der Waals surface area contributed by atoms with Gasteiger partial charge in [0.25, 0.3) is 0 Å². The van der Waals surface area contributed by atoms with Crippen LogP contribution in [0.5, 0.6) is 0 Å². The number of fused-ring (bicyclic) bond motifs is 1. The first-order valence-electron chi connectivity index (χ1n) is 8.19. The fourth-order valence-electron chi connectivity index (χ4n) is 2.86. The topological polar surface area (TPSA) is 49.1 Å². The van der Waals surface area contributed by atoms with Crippen molar-refractivity contribution >= 4 is 33.9 Å². The number of nitrogens with zero attached hydrogens (tertiary/aromatic N) is 1. The summed E-state index contributed by atoms with van der Waals surface area (Å²) in [6.07, 6.45) is 0. The molecule has 0 aliphatic carbocycles. The first-order valence-corrected chi connectivity index (χ1v) is 9.89. The van der Waals surface area contributed by atoms with Crippen LogP contribution in [0.2, 0.25) is 5.02 Å². The predicted octanol–water partition coefficient (Wildman–Crippen LogP) is 5.76. The molecule has 0 aliphatic heterocycles. The van der Waals surface area contributed by atoms with Gasteiger partial charge in [0.05, 0.1) is 11.2 Å². The number of hydrogen-bond acceptors (Lipinski definition) is 3. The summed E-state index contributed by atoms with van der Waals surface area (Å²) in [5.74, 6) is 0.342. The summed E-state index contributed by atoms with van der Waals surface area (Å²) in [5.41, 5.74) is 5.68. The summed E-state index contributed by atoms with van der Waals surface area (Å²) in [6.45, 7) is 2.08. The lowest BCUT2D eigenvalue weighted by atomic mass is 10.0. The summed E-state index contributed by atoms with van der Waals surface area (Å²) in [7, 11) is 0. The SMILES string of the molecule is Cc1ccccc1-c1ccc2nc([S+]([O-])Cc3ccc(Cl)cc3)oc2c1. The van der Waals surface area contributed by atoms with Gasteiger partial charge in [-0.25, -0.2) is 0 Å². The van der Waals surface area contributed by atoms with E-state index in [0.717, 1.165) is 16.7 Å². The molecular weight excluding hydrogens is 366 g/mol.